The summed E-state index contributed by atoms with van der Waals surface area (Å²) in [6, 6.07) is 4.27. The maximum Gasteiger partial charge on any atom is 0.0370 e. The molecule has 68 valence electrons. The summed E-state index contributed by atoms with van der Waals surface area (Å²) in [4.78, 5) is 0. The second-order valence-corrected chi connectivity index (χ2v) is 2.93. The standard InChI is InChI=1S/C10H15N.ClH/c1-7-5-6-10(11-4)9(3)8(7)2;/h5-6,11H,1-4H3;1H. The Hall–Kier alpha value is -0.690. The lowest BCUT2D eigenvalue weighted by Gasteiger charge is -2.09. The molecule has 1 rings (SSSR count). The van der Waals surface area contributed by atoms with E-state index in [1.165, 1.54) is 22.4 Å². The molecule has 0 fully saturated rings. The van der Waals surface area contributed by atoms with Gasteiger partial charge in [-0.15, -0.1) is 12.4 Å². The number of aryl methyl sites for hydroxylation is 1. The van der Waals surface area contributed by atoms with Crippen LogP contribution in [0.4, 0.5) is 5.69 Å². The second kappa shape index (κ2) is 4.36. The van der Waals surface area contributed by atoms with E-state index in [0.29, 0.717) is 0 Å². The molecule has 0 saturated carbocycles. The van der Waals surface area contributed by atoms with Crippen molar-refractivity contribution < 1.29 is 0 Å². The average Bonchev–Trinajstić information content (AvgIpc) is 2.01. The summed E-state index contributed by atoms with van der Waals surface area (Å²) in [5, 5.41) is 3.16. The van der Waals surface area contributed by atoms with Gasteiger partial charge in [-0.2, -0.15) is 0 Å². The van der Waals surface area contributed by atoms with Crippen LogP contribution in [0, 0.1) is 20.8 Å². The normalized spacial score (nSPS) is 9.00. The van der Waals surface area contributed by atoms with Crippen LogP contribution < -0.4 is 5.32 Å². The molecule has 1 aromatic rings. The zero-order valence-electron chi connectivity index (χ0n) is 8.06. The second-order valence-electron chi connectivity index (χ2n) is 2.93. The zero-order chi connectivity index (χ0) is 8.43. The van der Waals surface area contributed by atoms with Gasteiger partial charge in [-0.05, 0) is 43.5 Å². The molecule has 1 N–H and O–H groups in total. The lowest BCUT2D eigenvalue weighted by atomic mass is 10.0. The zero-order valence-corrected chi connectivity index (χ0v) is 8.88. The molecule has 0 aromatic heterocycles. The predicted octanol–water partition coefficient (Wildman–Crippen LogP) is 3.08. The molecule has 1 aromatic carbocycles. The van der Waals surface area contributed by atoms with Crippen LogP contribution in [-0.2, 0) is 0 Å². The molecule has 2 heteroatoms. The summed E-state index contributed by atoms with van der Waals surface area (Å²) >= 11 is 0. The smallest absolute Gasteiger partial charge is 0.0370 e. The molecule has 0 aliphatic heterocycles. The minimum absolute atomic E-state index is 0. The van der Waals surface area contributed by atoms with Gasteiger partial charge in [0.05, 0.1) is 0 Å². The third-order valence-electron chi connectivity index (χ3n) is 2.33. The Morgan fingerprint density at radius 1 is 1.00 bits per heavy atom. The minimum Gasteiger partial charge on any atom is -0.388 e. The average molecular weight is 186 g/mol. The molecule has 0 bridgehead atoms. The topological polar surface area (TPSA) is 12.0 Å². The first-order valence-electron chi connectivity index (χ1n) is 3.91. The largest absolute Gasteiger partial charge is 0.388 e. The highest BCUT2D eigenvalue weighted by molar-refractivity contribution is 5.85. The van der Waals surface area contributed by atoms with Crippen molar-refractivity contribution in [2.45, 2.75) is 20.8 Å². The molecule has 0 amide bonds. The fraction of sp³-hybridized carbons (Fsp3) is 0.400. The third-order valence-corrected chi connectivity index (χ3v) is 2.33. The van der Waals surface area contributed by atoms with E-state index >= 15 is 0 Å². The van der Waals surface area contributed by atoms with Gasteiger partial charge in [0.25, 0.3) is 0 Å². The SMILES string of the molecule is CNc1ccc(C)c(C)c1C.Cl. The Morgan fingerprint density at radius 3 is 2.08 bits per heavy atom. The van der Waals surface area contributed by atoms with E-state index in [4.69, 9.17) is 0 Å². The summed E-state index contributed by atoms with van der Waals surface area (Å²) in [5.74, 6) is 0. The van der Waals surface area contributed by atoms with Crippen LogP contribution in [0.1, 0.15) is 16.7 Å². The molecule has 0 spiro atoms. The van der Waals surface area contributed by atoms with Crippen LogP contribution in [0.5, 0.6) is 0 Å². The number of nitrogens with one attached hydrogen (secondary N) is 1. The van der Waals surface area contributed by atoms with E-state index in [0.717, 1.165) is 0 Å². The molecule has 12 heavy (non-hydrogen) atoms. The molecule has 0 aliphatic carbocycles. The summed E-state index contributed by atoms with van der Waals surface area (Å²) in [6.07, 6.45) is 0. The van der Waals surface area contributed by atoms with Crippen LogP contribution in [0.2, 0.25) is 0 Å². The van der Waals surface area contributed by atoms with Crippen molar-refractivity contribution >= 4 is 18.1 Å². The van der Waals surface area contributed by atoms with Crippen molar-refractivity contribution in [3.8, 4) is 0 Å². The Kier molecular flexibility index (Phi) is 4.11. The Morgan fingerprint density at radius 2 is 1.58 bits per heavy atom. The maximum atomic E-state index is 3.16. The summed E-state index contributed by atoms with van der Waals surface area (Å²) in [5.41, 5.74) is 5.33. The molecule has 0 heterocycles. The summed E-state index contributed by atoms with van der Waals surface area (Å²) < 4.78 is 0. The lowest BCUT2D eigenvalue weighted by Crippen LogP contribution is -1.95. The van der Waals surface area contributed by atoms with Crippen molar-refractivity contribution in [3.05, 3.63) is 28.8 Å². The van der Waals surface area contributed by atoms with E-state index in [-0.39, 0.29) is 12.4 Å². The van der Waals surface area contributed by atoms with Gasteiger partial charge in [0.2, 0.25) is 0 Å². The summed E-state index contributed by atoms with van der Waals surface area (Å²) in [7, 11) is 1.96. The molecular formula is C10H16ClN. The minimum atomic E-state index is 0. The number of rotatable bonds is 1. The summed E-state index contributed by atoms with van der Waals surface area (Å²) in [6.45, 7) is 6.45. The van der Waals surface area contributed by atoms with Crippen LogP contribution in [0.15, 0.2) is 12.1 Å². The van der Waals surface area contributed by atoms with Gasteiger partial charge >= 0.3 is 0 Å². The van der Waals surface area contributed by atoms with E-state index < -0.39 is 0 Å². The molecule has 0 radical (unpaired) electrons. The van der Waals surface area contributed by atoms with Gasteiger partial charge in [0.15, 0.2) is 0 Å². The molecule has 0 atom stereocenters. The van der Waals surface area contributed by atoms with Gasteiger partial charge in [0, 0.05) is 12.7 Å². The fourth-order valence-corrected chi connectivity index (χ4v) is 1.23. The molecule has 1 nitrogen and oxygen atoms in total. The first-order valence-corrected chi connectivity index (χ1v) is 3.91. The van der Waals surface area contributed by atoms with Gasteiger partial charge in [-0.25, -0.2) is 0 Å². The van der Waals surface area contributed by atoms with E-state index in [9.17, 15) is 0 Å². The van der Waals surface area contributed by atoms with Crippen molar-refractivity contribution in [1.82, 2.24) is 0 Å². The van der Waals surface area contributed by atoms with Gasteiger partial charge in [-0.3, -0.25) is 0 Å². The third kappa shape index (κ3) is 1.92. The lowest BCUT2D eigenvalue weighted by molar-refractivity contribution is 1.26. The Labute approximate surface area is 80.6 Å². The van der Waals surface area contributed by atoms with E-state index in [1.54, 1.807) is 0 Å². The van der Waals surface area contributed by atoms with Gasteiger partial charge < -0.3 is 5.32 Å². The van der Waals surface area contributed by atoms with Crippen molar-refractivity contribution in [1.29, 1.82) is 0 Å². The highest BCUT2D eigenvalue weighted by Crippen LogP contribution is 2.20. The van der Waals surface area contributed by atoms with Crippen molar-refractivity contribution in [3.63, 3.8) is 0 Å². The maximum absolute atomic E-state index is 3.16. The monoisotopic (exact) mass is 185 g/mol. The molecule has 0 unspecified atom stereocenters. The number of hydrogen-bond donors (Lipinski definition) is 1. The van der Waals surface area contributed by atoms with E-state index in [2.05, 4.69) is 38.2 Å². The van der Waals surface area contributed by atoms with Gasteiger partial charge in [0.1, 0.15) is 0 Å². The molecule has 0 saturated heterocycles. The van der Waals surface area contributed by atoms with Crippen molar-refractivity contribution in [2.24, 2.45) is 0 Å². The molecular weight excluding hydrogens is 170 g/mol. The number of anilines is 1. The molecule has 0 aliphatic rings. The predicted molar refractivity (Wildman–Crippen MR) is 57.4 cm³/mol. The fourth-order valence-electron chi connectivity index (χ4n) is 1.23. The van der Waals surface area contributed by atoms with Crippen LogP contribution in [-0.4, -0.2) is 7.05 Å². The van der Waals surface area contributed by atoms with E-state index in [1.807, 2.05) is 7.05 Å². The first kappa shape index (κ1) is 11.3. The number of halogens is 1. The van der Waals surface area contributed by atoms with Gasteiger partial charge in [-0.1, -0.05) is 6.07 Å². The highest BCUT2D eigenvalue weighted by atomic mass is 35.5. The quantitative estimate of drug-likeness (QED) is 0.709. The Balaban J connectivity index is 0.00000121. The van der Waals surface area contributed by atoms with Crippen LogP contribution >= 0.6 is 12.4 Å². The highest BCUT2D eigenvalue weighted by Gasteiger charge is 2.00. The number of hydrogen-bond acceptors (Lipinski definition) is 1. The Bertz CT molecular complexity index is 269. The first-order chi connectivity index (χ1) is 5.16. The number of benzene rings is 1. The van der Waals surface area contributed by atoms with Crippen LogP contribution in [0.25, 0.3) is 0 Å². The van der Waals surface area contributed by atoms with Crippen LogP contribution in [0.3, 0.4) is 0 Å². The van der Waals surface area contributed by atoms with Crippen molar-refractivity contribution in [2.75, 3.05) is 12.4 Å².